The van der Waals surface area contributed by atoms with Crippen LogP contribution in [0.2, 0.25) is 0 Å². The van der Waals surface area contributed by atoms with Crippen LogP contribution in [0.4, 0.5) is 11.4 Å². The number of nitro groups is 2. The van der Waals surface area contributed by atoms with Crippen LogP contribution >= 0.6 is 0 Å². The van der Waals surface area contributed by atoms with Gasteiger partial charge in [0.2, 0.25) is 0 Å². The number of benzene rings is 2. The molecule has 1 aliphatic carbocycles. The van der Waals surface area contributed by atoms with Gasteiger partial charge < -0.3 is 19.7 Å². The highest BCUT2D eigenvalue weighted by molar-refractivity contribution is 5.50. The zero-order chi connectivity index (χ0) is 22.7. The van der Waals surface area contributed by atoms with Gasteiger partial charge in [0.15, 0.2) is 11.5 Å². The van der Waals surface area contributed by atoms with Crippen molar-refractivity contribution in [2.24, 2.45) is 5.92 Å². The Kier molecular flexibility index (Phi) is 4.41. The van der Waals surface area contributed by atoms with Gasteiger partial charge in [-0.25, -0.2) is 0 Å². The first kappa shape index (κ1) is 20.3. The van der Waals surface area contributed by atoms with Crippen molar-refractivity contribution in [1.82, 2.24) is 4.90 Å². The van der Waals surface area contributed by atoms with Crippen molar-refractivity contribution in [3.05, 3.63) is 56.6 Å². The molecule has 4 bridgehead atoms. The molecule has 4 fully saturated rings. The number of nitrogens with zero attached hydrogens (tertiary/aromatic N) is 3. The fraction of sp³-hybridized carbons (Fsp3) is 0.429. The van der Waals surface area contributed by atoms with Crippen molar-refractivity contribution in [2.45, 2.75) is 30.5 Å². The predicted octanol–water partition coefficient (Wildman–Crippen LogP) is 2.98. The van der Waals surface area contributed by atoms with Gasteiger partial charge in [0, 0.05) is 50.3 Å². The summed E-state index contributed by atoms with van der Waals surface area (Å²) in [6, 6.07) is 7.91. The average molecular weight is 443 g/mol. The van der Waals surface area contributed by atoms with Crippen molar-refractivity contribution in [3.63, 3.8) is 0 Å². The van der Waals surface area contributed by atoms with E-state index in [1.807, 2.05) is 0 Å². The maximum atomic E-state index is 11.0. The van der Waals surface area contributed by atoms with Crippen molar-refractivity contribution < 1.29 is 29.5 Å². The van der Waals surface area contributed by atoms with Crippen molar-refractivity contribution >= 4 is 11.4 Å². The van der Waals surface area contributed by atoms with E-state index in [0.717, 1.165) is 19.4 Å². The van der Waals surface area contributed by atoms with E-state index in [1.165, 1.54) is 36.4 Å². The molecular weight excluding hydrogens is 422 g/mol. The smallest absolute Gasteiger partial charge is 0.310 e. The summed E-state index contributed by atoms with van der Waals surface area (Å²) in [5.74, 6) is 0.0954. The molecule has 3 heterocycles. The second-order valence-corrected chi connectivity index (χ2v) is 9.01. The van der Waals surface area contributed by atoms with E-state index in [9.17, 15) is 30.4 Å². The summed E-state index contributed by atoms with van der Waals surface area (Å²) in [6.07, 6.45) is 2.12. The van der Waals surface area contributed by atoms with E-state index in [1.54, 1.807) is 0 Å². The molecule has 6 rings (SSSR count). The lowest BCUT2D eigenvalue weighted by Crippen LogP contribution is -2.72. The second-order valence-electron chi connectivity index (χ2n) is 9.01. The Bertz CT molecular complexity index is 1020. The van der Waals surface area contributed by atoms with E-state index in [0.29, 0.717) is 36.9 Å². The van der Waals surface area contributed by atoms with Gasteiger partial charge in [-0.05, 0) is 30.9 Å². The lowest BCUT2D eigenvalue weighted by Gasteiger charge is -2.61. The molecule has 0 spiro atoms. The molecule has 11 nitrogen and oxygen atoms in total. The highest BCUT2D eigenvalue weighted by atomic mass is 16.6. The molecule has 32 heavy (non-hydrogen) atoms. The molecular formula is C21H21N3O8. The van der Waals surface area contributed by atoms with Crippen molar-refractivity contribution in [2.75, 3.05) is 19.6 Å². The molecule has 3 saturated heterocycles. The van der Waals surface area contributed by atoms with E-state index in [4.69, 9.17) is 9.47 Å². The second kappa shape index (κ2) is 6.95. The maximum Gasteiger partial charge on any atom is 0.310 e. The quantitative estimate of drug-likeness (QED) is 0.507. The molecule has 2 N–H and O–H groups in total. The summed E-state index contributed by atoms with van der Waals surface area (Å²) in [5.41, 5.74) is -1.95. The molecule has 11 heteroatoms. The number of hydrogen-bond donors (Lipinski definition) is 2. The summed E-state index contributed by atoms with van der Waals surface area (Å²) >= 11 is 0. The van der Waals surface area contributed by atoms with Crippen LogP contribution in [0.25, 0.3) is 0 Å². The highest BCUT2D eigenvalue weighted by Gasteiger charge is 2.60. The van der Waals surface area contributed by atoms with E-state index < -0.39 is 32.5 Å². The van der Waals surface area contributed by atoms with Crippen LogP contribution in [-0.2, 0) is 0 Å². The summed E-state index contributed by atoms with van der Waals surface area (Å²) in [5, 5.41) is 41.9. The summed E-state index contributed by atoms with van der Waals surface area (Å²) in [4.78, 5) is 22.9. The molecule has 4 aliphatic rings. The van der Waals surface area contributed by atoms with E-state index in [-0.39, 0.29) is 11.4 Å². The third-order valence-electron chi connectivity index (χ3n) is 6.46. The lowest BCUT2D eigenvalue weighted by molar-refractivity contribution is -0.386. The van der Waals surface area contributed by atoms with Gasteiger partial charge in [0.25, 0.3) is 0 Å². The van der Waals surface area contributed by atoms with Crippen LogP contribution in [0.3, 0.4) is 0 Å². The average Bonchev–Trinajstić information content (AvgIpc) is 2.65. The fourth-order valence-corrected chi connectivity index (χ4v) is 5.75. The lowest BCUT2D eigenvalue weighted by atomic mass is 9.63. The largest absolute Gasteiger partial charge is 0.502 e. The molecule has 3 aliphatic heterocycles. The number of phenols is 2. The third-order valence-corrected chi connectivity index (χ3v) is 6.46. The normalized spacial score (nSPS) is 30.1. The maximum absolute atomic E-state index is 11.0. The minimum atomic E-state index is -0.655. The first-order valence-corrected chi connectivity index (χ1v) is 10.2. The Morgan fingerprint density at radius 2 is 1.34 bits per heavy atom. The van der Waals surface area contributed by atoms with Gasteiger partial charge in [-0.3, -0.25) is 25.1 Å². The Hall–Kier alpha value is -3.60. The first-order chi connectivity index (χ1) is 15.2. The molecule has 1 saturated carbocycles. The number of hydrogen-bond acceptors (Lipinski definition) is 9. The van der Waals surface area contributed by atoms with Crippen LogP contribution in [0.15, 0.2) is 36.4 Å². The number of rotatable bonds is 6. The van der Waals surface area contributed by atoms with Gasteiger partial charge >= 0.3 is 11.4 Å². The number of phenolic OH excluding ortho intramolecular Hbond substituents is 2. The van der Waals surface area contributed by atoms with Gasteiger partial charge in [0.05, 0.1) is 9.85 Å². The standard InChI is InChI=1S/C21H21N3O8/c25-18-5-14(1-3-16(18)23(27)28)31-20-7-13-8-21(10-20,12-22(9-13)11-20)32-15-2-4-17(24(29)30)19(26)6-15/h1-6,13,25-26H,7-12H2/t13?,20-,21+. The van der Waals surface area contributed by atoms with E-state index in [2.05, 4.69) is 4.90 Å². The van der Waals surface area contributed by atoms with Gasteiger partial charge in [-0.1, -0.05) is 0 Å². The summed E-state index contributed by atoms with van der Waals surface area (Å²) < 4.78 is 12.6. The third kappa shape index (κ3) is 3.44. The number of ether oxygens (including phenoxy) is 2. The number of nitro benzene ring substituents is 2. The van der Waals surface area contributed by atoms with Crippen molar-refractivity contribution in [1.29, 1.82) is 0 Å². The monoisotopic (exact) mass is 443 g/mol. The number of aromatic hydroxyl groups is 2. The van der Waals surface area contributed by atoms with E-state index >= 15 is 0 Å². The topological polar surface area (TPSA) is 148 Å². The van der Waals surface area contributed by atoms with Crippen LogP contribution < -0.4 is 9.47 Å². The summed E-state index contributed by atoms with van der Waals surface area (Å²) in [6.45, 7) is 2.24. The minimum absolute atomic E-state index is 0.310. The minimum Gasteiger partial charge on any atom is -0.502 e. The molecule has 2 aromatic carbocycles. The van der Waals surface area contributed by atoms with Gasteiger partial charge in [-0.2, -0.15) is 0 Å². The molecule has 0 radical (unpaired) electrons. The van der Waals surface area contributed by atoms with Crippen LogP contribution in [0, 0.1) is 26.1 Å². The molecule has 168 valence electrons. The van der Waals surface area contributed by atoms with Gasteiger partial charge in [-0.15, -0.1) is 0 Å². The molecule has 0 amide bonds. The van der Waals surface area contributed by atoms with Crippen LogP contribution in [-0.4, -0.2) is 55.8 Å². The predicted molar refractivity (Wildman–Crippen MR) is 110 cm³/mol. The molecule has 4 atom stereocenters. The Labute approximate surface area is 182 Å². The van der Waals surface area contributed by atoms with Gasteiger partial charge in [0.1, 0.15) is 22.7 Å². The molecule has 0 aromatic heterocycles. The zero-order valence-corrected chi connectivity index (χ0v) is 17.0. The zero-order valence-electron chi connectivity index (χ0n) is 17.0. The Balaban J connectivity index is 1.41. The molecule has 2 aromatic rings. The summed E-state index contributed by atoms with van der Waals surface area (Å²) in [7, 11) is 0. The van der Waals surface area contributed by atoms with Crippen molar-refractivity contribution in [3.8, 4) is 23.0 Å². The van der Waals surface area contributed by atoms with Crippen LogP contribution in [0.5, 0.6) is 23.0 Å². The fourth-order valence-electron chi connectivity index (χ4n) is 5.75. The first-order valence-electron chi connectivity index (χ1n) is 10.2. The number of piperidine rings is 3. The SMILES string of the molecule is O=[N+]([O-])c1ccc(O[C@@]23CC4CN(C2)C[C@](Oc2ccc([N+](=O)[O-])c(O)c2)(C4)C3)cc1O. The van der Waals surface area contributed by atoms with Crippen LogP contribution in [0.1, 0.15) is 19.3 Å². The highest BCUT2D eigenvalue weighted by Crippen LogP contribution is 2.52. The Morgan fingerprint density at radius 3 is 1.72 bits per heavy atom. The Morgan fingerprint density at radius 1 is 0.875 bits per heavy atom. The molecule has 2 unspecified atom stereocenters.